The average molecular weight is 191 g/mol. The summed E-state index contributed by atoms with van der Waals surface area (Å²) < 4.78 is 2.11. The molecule has 0 aliphatic carbocycles. The number of rotatable bonds is 2. The summed E-state index contributed by atoms with van der Waals surface area (Å²) in [6, 6.07) is 3.90. The lowest BCUT2D eigenvalue weighted by atomic mass is 10.1. The molecule has 0 bridgehead atoms. The Morgan fingerprint density at radius 3 is 2.64 bits per heavy atom. The fourth-order valence-electron chi connectivity index (χ4n) is 1.27. The van der Waals surface area contributed by atoms with E-state index in [9.17, 15) is 0 Å². The Morgan fingerprint density at radius 1 is 1.57 bits per heavy atom. The van der Waals surface area contributed by atoms with Crippen LogP contribution in [0.5, 0.6) is 0 Å². The highest BCUT2D eigenvalue weighted by atomic mass is 15.0. The van der Waals surface area contributed by atoms with Gasteiger partial charge in [-0.15, -0.1) is 0 Å². The third-order valence-corrected chi connectivity index (χ3v) is 2.23. The maximum atomic E-state index is 8.53. The van der Waals surface area contributed by atoms with Crippen molar-refractivity contribution >= 4 is 0 Å². The van der Waals surface area contributed by atoms with E-state index in [1.54, 1.807) is 0 Å². The molecular weight excluding hydrogens is 174 g/mol. The Morgan fingerprint density at radius 2 is 2.21 bits per heavy atom. The van der Waals surface area contributed by atoms with Gasteiger partial charge >= 0.3 is 0 Å². The largest absolute Gasteiger partial charge is 0.349 e. The normalized spacial score (nSPS) is 13.6. The second-order valence-electron chi connectivity index (χ2n) is 4.49. The first-order chi connectivity index (χ1) is 6.45. The zero-order valence-electron chi connectivity index (χ0n) is 8.99. The minimum absolute atomic E-state index is 0.0740. The lowest BCUT2D eigenvalue weighted by molar-refractivity contribution is 0.397. The summed E-state index contributed by atoms with van der Waals surface area (Å²) in [6.45, 7) is 6.39. The van der Waals surface area contributed by atoms with Crippen LogP contribution in [0.3, 0.4) is 0 Å². The Balaban J connectivity index is 2.84. The second-order valence-corrected chi connectivity index (χ2v) is 4.49. The van der Waals surface area contributed by atoms with Crippen LogP contribution in [0.15, 0.2) is 18.5 Å². The number of nitrogens with zero attached hydrogens (tertiary/aromatic N) is 2. The van der Waals surface area contributed by atoms with Crippen molar-refractivity contribution in [3.05, 3.63) is 24.0 Å². The summed E-state index contributed by atoms with van der Waals surface area (Å²) in [4.78, 5) is 0. The fraction of sp³-hybridized carbons (Fsp3) is 0.545. The topological polar surface area (TPSA) is 54.7 Å². The lowest BCUT2D eigenvalue weighted by Crippen LogP contribution is -2.20. The molecule has 1 unspecified atom stereocenters. The van der Waals surface area contributed by atoms with Crippen molar-refractivity contribution in [3.8, 4) is 6.07 Å². The first kappa shape index (κ1) is 10.8. The van der Waals surface area contributed by atoms with Crippen LogP contribution in [-0.2, 0) is 5.54 Å². The highest BCUT2D eigenvalue weighted by molar-refractivity contribution is 5.17. The molecule has 76 valence electrons. The SMILES string of the molecule is CC(C)(C)n1ccc(C(N)CC#N)c1. The minimum atomic E-state index is -0.163. The van der Waals surface area contributed by atoms with E-state index in [1.807, 2.05) is 18.5 Å². The van der Waals surface area contributed by atoms with E-state index in [4.69, 9.17) is 11.0 Å². The third-order valence-electron chi connectivity index (χ3n) is 2.23. The van der Waals surface area contributed by atoms with Crippen LogP contribution in [0, 0.1) is 11.3 Å². The molecule has 0 aliphatic heterocycles. The Kier molecular flexibility index (Phi) is 2.97. The number of hydrogen-bond donors (Lipinski definition) is 1. The zero-order chi connectivity index (χ0) is 10.8. The third kappa shape index (κ3) is 2.36. The summed E-state index contributed by atoms with van der Waals surface area (Å²) in [5, 5.41) is 8.53. The summed E-state index contributed by atoms with van der Waals surface area (Å²) in [5.41, 5.74) is 6.93. The molecule has 0 aliphatic rings. The molecule has 1 rings (SSSR count). The van der Waals surface area contributed by atoms with Crippen molar-refractivity contribution in [1.29, 1.82) is 5.26 Å². The number of aromatic nitrogens is 1. The van der Waals surface area contributed by atoms with Gasteiger partial charge in [0.15, 0.2) is 0 Å². The lowest BCUT2D eigenvalue weighted by Gasteiger charge is -2.21. The average Bonchev–Trinajstić information content (AvgIpc) is 2.51. The highest BCUT2D eigenvalue weighted by Gasteiger charge is 2.14. The number of nitriles is 1. The van der Waals surface area contributed by atoms with Crippen LogP contribution in [0.2, 0.25) is 0 Å². The zero-order valence-corrected chi connectivity index (χ0v) is 8.99. The predicted molar refractivity (Wildman–Crippen MR) is 56.6 cm³/mol. The van der Waals surface area contributed by atoms with Crippen molar-refractivity contribution in [2.24, 2.45) is 5.73 Å². The molecule has 0 aromatic carbocycles. The van der Waals surface area contributed by atoms with Crippen molar-refractivity contribution in [1.82, 2.24) is 4.57 Å². The molecule has 0 spiro atoms. The van der Waals surface area contributed by atoms with E-state index in [2.05, 4.69) is 31.4 Å². The second kappa shape index (κ2) is 3.85. The summed E-state index contributed by atoms with van der Waals surface area (Å²) in [7, 11) is 0. The monoisotopic (exact) mass is 191 g/mol. The first-order valence-electron chi connectivity index (χ1n) is 4.76. The first-order valence-corrected chi connectivity index (χ1v) is 4.76. The van der Waals surface area contributed by atoms with Gasteiger partial charge in [0.1, 0.15) is 0 Å². The van der Waals surface area contributed by atoms with Crippen LogP contribution >= 0.6 is 0 Å². The van der Waals surface area contributed by atoms with Gasteiger partial charge in [0, 0.05) is 24.0 Å². The molecule has 1 atom stereocenters. The Hall–Kier alpha value is -1.27. The molecule has 0 amide bonds. The molecule has 1 aromatic rings. The van der Waals surface area contributed by atoms with Crippen molar-refractivity contribution in [2.45, 2.75) is 38.8 Å². The van der Waals surface area contributed by atoms with Crippen molar-refractivity contribution in [2.75, 3.05) is 0 Å². The number of nitrogens with two attached hydrogens (primary N) is 1. The molecule has 2 N–H and O–H groups in total. The van der Waals surface area contributed by atoms with Crippen molar-refractivity contribution < 1.29 is 0 Å². The molecule has 1 aromatic heterocycles. The highest BCUT2D eigenvalue weighted by Crippen LogP contribution is 2.19. The predicted octanol–water partition coefficient (Wildman–Crippen LogP) is 2.16. The van der Waals surface area contributed by atoms with Crippen LogP contribution in [0.4, 0.5) is 0 Å². The molecule has 14 heavy (non-hydrogen) atoms. The van der Waals surface area contributed by atoms with Crippen LogP contribution in [0.1, 0.15) is 38.8 Å². The van der Waals surface area contributed by atoms with E-state index < -0.39 is 0 Å². The van der Waals surface area contributed by atoms with Crippen LogP contribution in [-0.4, -0.2) is 4.57 Å². The summed E-state index contributed by atoms with van der Waals surface area (Å²) >= 11 is 0. The molecule has 0 radical (unpaired) electrons. The maximum absolute atomic E-state index is 8.53. The van der Waals surface area contributed by atoms with Gasteiger partial charge < -0.3 is 10.3 Å². The number of hydrogen-bond acceptors (Lipinski definition) is 2. The summed E-state index contributed by atoms with van der Waals surface area (Å²) in [6.07, 6.45) is 4.39. The van der Waals surface area contributed by atoms with Gasteiger partial charge in [0.25, 0.3) is 0 Å². The van der Waals surface area contributed by atoms with Crippen LogP contribution < -0.4 is 5.73 Å². The molecular formula is C11H17N3. The minimum Gasteiger partial charge on any atom is -0.349 e. The molecule has 0 fully saturated rings. The standard InChI is InChI=1S/C11H17N3/c1-11(2,3)14-7-5-9(8-14)10(13)4-6-12/h5,7-8,10H,4,13H2,1-3H3. The Bertz CT molecular complexity index is 338. The fourth-order valence-corrected chi connectivity index (χ4v) is 1.27. The van der Waals surface area contributed by atoms with E-state index in [1.165, 1.54) is 0 Å². The molecule has 3 heteroatoms. The van der Waals surface area contributed by atoms with Gasteiger partial charge in [-0.05, 0) is 32.4 Å². The Labute approximate surface area is 85.1 Å². The van der Waals surface area contributed by atoms with E-state index in [0.29, 0.717) is 6.42 Å². The molecule has 0 saturated carbocycles. The van der Waals surface area contributed by atoms with Gasteiger partial charge in [0.2, 0.25) is 0 Å². The molecule has 0 saturated heterocycles. The van der Waals surface area contributed by atoms with Crippen molar-refractivity contribution in [3.63, 3.8) is 0 Å². The smallest absolute Gasteiger partial charge is 0.0641 e. The van der Waals surface area contributed by atoms with Gasteiger partial charge in [-0.3, -0.25) is 0 Å². The maximum Gasteiger partial charge on any atom is 0.0641 e. The van der Waals surface area contributed by atoms with Gasteiger partial charge in [-0.2, -0.15) is 5.26 Å². The van der Waals surface area contributed by atoms with E-state index in [-0.39, 0.29) is 11.6 Å². The van der Waals surface area contributed by atoms with Crippen LogP contribution in [0.25, 0.3) is 0 Å². The quantitative estimate of drug-likeness (QED) is 0.778. The van der Waals surface area contributed by atoms with E-state index in [0.717, 1.165) is 5.56 Å². The van der Waals surface area contributed by atoms with E-state index >= 15 is 0 Å². The van der Waals surface area contributed by atoms with Gasteiger partial charge in [0.05, 0.1) is 12.5 Å². The van der Waals surface area contributed by atoms with Gasteiger partial charge in [-0.1, -0.05) is 0 Å². The molecule has 1 heterocycles. The summed E-state index contributed by atoms with van der Waals surface area (Å²) in [5.74, 6) is 0. The molecule has 3 nitrogen and oxygen atoms in total. The van der Waals surface area contributed by atoms with Gasteiger partial charge in [-0.25, -0.2) is 0 Å².